The lowest BCUT2D eigenvalue weighted by molar-refractivity contribution is 0.269. The van der Waals surface area contributed by atoms with Crippen molar-refractivity contribution in [3.8, 4) is 0 Å². The van der Waals surface area contributed by atoms with E-state index < -0.39 is 0 Å². The number of nitrogens with one attached hydrogen (secondary N) is 1. The Labute approximate surface area is 93.8 Å². The van der Waals surface area contributed by atoms with E-state index in [9.17, 15) is 0 Å². The quantitative estimate of drug-likeness (QED) is 0.735. The number of nitrogens with zero attached hydrogens (tertiary/aromatic N) is 2. The molecule has 3 nitrogen and oxygen atoms in total. The highest BCUT2D eigenvalue weighted by Gasteiger charge is 2.26. The van der Waals surface area contributed by atoms with E-state index in [4.69, 9.17) is 0 Å². The zero-order chi connectivity index (χ0) is 10.7. The fourth-order valence-corrected chi connectivity index (χ4v) is 2.99. The maximum Gasteiger partial charge on any atom is 0.0207 e. The van der Waals surface area contributed by atoms with Crippen LogP contribution in [0.25, 0.3) is 0 Å². The molecule has 15 heavy (non-hydrogen) atoms. The minimum atomic E-state index is 0.758. The molecule has 2 heterocycles. The second-order valence-electron chi connectivity index (χ2n) is 5.22. The van der Waals surface area contributed by atoms with Crippen molar-refractivity contribution < 1.29 is 0 Å². The van der Waals surface area contributed by atoms with Crippen molar-refractivity contribution in [3.63, 3.8) is 0 Å². The SMILES string of the molecule is CCNC1CCN(CC2CCN(C)C2)C1. The Hall–Kier alpha value is -0.120. The predicted octanol–water partition coefficient (Wildman–Crippen LogP) is 0.622. The monoisotopic (exact) mass is 211 g/mol. The zero-order valence-electron chi connectivity index (χ0n) is 10.2. The van der Waals surface area contributed by atoms with Crippen LogP contribution >= 0.6 is 0 Å². The maximum absolute atomic E-state index is 3.56. The van der Waals surface area contributed by atoms with Crippen molar-refractivity contribution in [3.05, 3.63) is 0 Å². The lowest BCUT2D eigenvalue weighted by Gasteiger charge is -2.20. The Morgan fingerprint density at radius 3 is 2.73 bits per heavy atom. The van der Waals surface area contributed by atoms with Gasteiger partial charge >= 0.3 is 0 Å². The largest absolute Gasteiger partial charge is 0.313 e. The predicted molar refractivity (Wildman–Crippen MR) is 64.1 cm³/mol. The third-order valence-corrected chi connectivity index (χ3v) is 3.77. The van der Waals surface area contributed by atoms with Gasteiger partial charge in [-0.05, 0) is 45.4 Å². The summed E-state index contributed by atoms with van der Waals surface area (Å²) in [6.07, 6.45) is 2.75. The van der Waals surface area contributed by atoms with Gasteiger partial charge in [-0.15, -0.1) is 0 Å². The zero-order valence-corrected chi connectivity index (χ0v) is 10.2. The molecule has 2 unspecified atom stereocenters. The van der Waals surface area contributed by atoms with Crippen molar-refractivity contribution >= 4 is 0 Å². The van der Waals surface area contributed by atoms with Crippen LogP contribution in [0.1, 0.15) is 19.8 Å². The van der Waals surface area contributed by atoms with E-state index in [1.165, 1.54) is 45.6 Å². The molecule has 0 radical (unpaired) electrons. The van der Waals surface area contributed by atoms with E-state index in [2.05, 4.69) is 29.1 Å². The Balaban J connectivity index is 1.68. The first-order chi connectivity index (χ1) is 7.28. The summed E-state index contributed by atoms with van der Waals surface area (Å²) in [7, 11) is 2.24. The summed E-state index contributed by atoms with van der Waals surface area (Å²) in [6, 6.07) is 0.758. The van der Waals surface area contributed by atoms with Crippen LogP contribution in [-0.2, 0) is 0 Å². The Bertz CT molecular complexity index is 195. The molecule has 2 aliphatic heterocycles. The van der Waals surface area contributed by atoms with Crippen LogP contribution < -0.4 is 5.32 Å². The van der Waals surface area contributed by atoms with E-state index in [1.807, 2.05) is 0 Å². The van der Waals surface area contributed by atoms with Crippen LogP contribution in [0.15, 0.2) is 0 Å². The molecular formula is C12H25N3. The molecule has 88 valence electrons. The van der Waals surface area contributed by atoms with E-state index in [-0.39, 0.29) is 0 Å². The molecule has 2 atom stereocenters. The highest BCUT2D eigenvalue weighted by Crippen LogP contribution is 2.18. The number of likely N-dealkylation sites (N-methyl/N-ethyl adjacent to an activating group) is 1. The van der Waals surface area contributed by atoms with E-state index >= 15 is 0 Å². The van der Waals surface area contributed by atoms with E-state index in [1.54, 1.807) is 0 Å². The number of rotatable bonds is 4. The van der Waals surface area contributed by atoms with Gasteiger partial charge in [-0.2, -0.15) is 0 Å². The van der Waals surface area contributed by atoms with E-state index in [0.717, 1.165) is 18.5 Å². The summed E-state index contributed by atoms with van der Waals surface area (Å²) in [5.74, 6) is 0.926. The van der Waals surface area contributed by atoms with Crippen LogP contribution in [0.5, 0.6) is 0 Å². The molecule has 2 fully saturated rings. The Kier molecular flexibility index (Phi) is 4.00. The Morgan fingerprint density at radius 1 is 1.20 bits per heavy atom. The van der Waals surface area contributed by atoms with Crippen molar-refractivity contribution in [1.82, 2.24) is 15.1 Å². The molecular weight excluding hydrogens is 186 g/mol. The van der Waals surface area contributed by atoms with Gasteiger partial charge in [0.15, 0.2) is 0 Å². The number of likely N-dealkylation sites (tertiary alicyclic amines) is 2. The van der Waals surface area contributed by atoms with Gasteiger partial charge < -0.3 is 15.1 Å². The standard InChI is InChI=1S/C12H25N3/c1-3-13-12-5-7-15(10-12)9-11-4-6-14(2)8-11/h11-13H,3-10H2,1-2H3. The molecule has 2 saturated heterocycles. The average molecular weight is 211 g/mol. The van der Waals surface area contributed by atoms with Gasteiger partial charge in [0.05, 0.1) is 0 Å². The molecule has 0 saturated carbocycles. The summed E-state index contributed by atoms with van der Waals surface area (Å²) in [5, 5.41) is 3.56. The van der Waals surface area contributed by atoms with Gasteiger partial charge in [-0.3, -0.25) is 0 Å². The maximum atomic E-state index is 3.56. The molecule has 1 N–H and O–H groups in total. The van der Waals surface area contributed by atoms with Gasteiger partial charge in [0, 0.05) is 25.7 Å². The minimum Gasteiger partial charge on any atom is -0.313 e. The minimum absolute atomic E-state index is 0.758. The third kappa shape index (κ3) is 3.16. The highest BCUT2D eigenvalue weighted by atomic mass is 15.2. The van der Waals surface area contributed by atoms with Gasteiger partial charge in [0.2, 0.25) is 0 Å². The number of hydrogen-bond donors (Lipinski definition) is 1. The van der Waals surface area contributed by atoms with Gasteiger partial charge in [-0.1, -0.05) is 6.92 Å². The summed E-state index contributed by atoms with van der Waals surface area (Å²) in [5.41, 5.74) is 0. The van der Waals surface area contributed by atoms with E-state index in [0.29, 0.717) is 0 Å². The van der Waals surface area contributed by atoms with Crippen molar-refractivity contribution in [2.45, 2.75) is 25.8 Å². The van der Waals surface area contributed by atoms with Crippen molar-refractivity contribution in [2.24, 2.45) is 5.92 Å². The summed E-state index contributed by atoms with van der Waals surface area (Å²) >= 11 is 0. The molecule has 3 heteroatoms. The van der Waals surface area contributed by atoms with Crippen LogP contribution in [0.2, 0.25) is 0 Å². The molecule has 0 bridgehead atoms. The smallest absolute Gasteiger partial charge is 0.0207 e. The van der Waals surface area contributed by atoms with Crippen LogP contribution in [0, 0.1) is 5.92 Å². The van der Waals surface area contributed by atoms with Gasteiger partial charge in [0.25, 0.3) is 0 Å². The van der Waals surface area contributed by atoms with Crippen molar-refractivity contribution in [1.29, 1.82) is 0 Å². The first kappa shape index (κ1) is 11.4. The molecule has 0 aromatic heterocycles. The Morgan fingerprint density at radius 2 is 2.07 bits per heavy atom. The first-order valence-corrected chi connectivity index (χ1v) is 6.42. The summed E-state index contributed by atoms with van der Waals surface area (Å²) in [4.78, 5) is 5.11. The molecule has 0 amide bonds. The lowest BCUT2D eigenvalue weighted by atomic mass is 10.1. The second kappa shape index (κ2) is 5.28. The molecule has 0 spiro atoms. The molecule has 0 aliphatic carbocycles. The van der Waals surface area contributed by atoms with Gasteiger partial charge in [0.1, 0.15) is 0 Å². The third-order valence-electron chi connectivity index (χ3n) is 3.77. The summed E-state index contributed by atoms with van der Waals surface area (Å²) in [6.45, 7) is 9.83. The normalized spacial score (nSPS) is 34.0. The van der Waals surface area contributed by atoms with Crippen LogP contribution in [0.4, 0.5) is 0 Å². The van der Waals surface area contributed by atoms with Crippen LogP contribution in [-0.4, -0.2) is 62.2 Å². The molecule has 0 aromatic rings. The number of hydrogen-bond acceptors (Lipinski definition) is 3. The summed E-state index contributed by atoms with van der Waals surface area (Å²) < 4.78 is 0. The lowest BCUT2D eigenvalue weighted by Crippen LogP contribution is -2.34. The highest BCUT2D eigenvalue weighted by molar-refractivity contribution is 4.84. The topological polar surface area (TPSA) is 18.5 Å². The van der Waals surface area contributed by atoms with Gasteiger partial charge in [-0.25, -0.2) is 0 Å². The fourth-order valence-electron chi connectivity index (χ4n) is 2.99. The average Bonchev–Trinajstić information content (AvgIpc) is 2.78. The first-order valence-electron chi connectivity index (χ1n) is 6.42. The molecule has 2 aliphatic rings. The second-order valence-corrected chi connectivity index (χ2v) is 5.22. The molecule has 0 aromatic carbocycles. The molecule has 2 rings (SSSR count). The van der Waals surface area contributed by atoms with Crippen LogP contribution in [0.3, 0.4) is 0 Å². The van der Waals surface area contributed by atoms with Crippen molar-refractivity contribution in [2.75, 3.05) is 46.3 Å². The fraction of sp³-hybridized carbons (Fsp3) is 1.00.